The van der Waals surface area contributed by atoms with E-state index in [9.17, 15) is 4.79 Å². The van der Waals surface area contributed by atoms with Crippen LogP contribution in [-0.4, -0.2) is 19.4 Å². The number of nitrogens with one attached hydrogen (secondary N) is 1. The minimum Gasteiger partial charge on any atom is -0.313 e. The summed E-state index contributed by atoms with van der Waals surface area (Å²) < 4.78 is 0. The van der Waals surface area contributed by atoms with Crippen molar-refractivity contribution in [1.29, 1.82) is 0 Å². The van der Waals surface area contributed by atoms with Crippen molar-refractivity contribution in [2.75, 3.05) is 13.6 Å². The van der Waals surface area contributed by atoms with Crippen LogP contribution in [0.3, 0.4) is 0 Å². The first kappa shape index (κ1) is 9.19. The van der Waals surface area contributed by atoms with Crippen molar-refractivity contribution in [3.63, 3.8) is 0 Å². The van der Waals surface area contributed by atoms with Gasteiger partial charge in [-0.05, 0) is 13.5 Å². The van der Waals surface area contributed by atoms with Crippen molar-refractivity contribution >= 4 is 5.78 Å². The number of ketones is 1. The zero-order valence-electron chi connectivity index (χ0n) is 6.31. The first-order valence-electron chi connectivity index (χ1n) is 3.41. The molecular weight excluding hydrogens is 126 g/mol. The molecule has 0 rings (SSSR count). The molecule has 0 aliphatic heterocycles. The second-order valence-electron chi connectivity index (χ2n) is 2.13. The SMILES string of the molecule is C#CCCCC(=O)CNC. The van der Waals surface area contributed by atoms with Crippen molar-refractivity contribution in [2.24, 2.45) is 0 Å². The summed E-state index contributed by atoms with van der Waals surface area (Å²) in [7, 11) is 1.76. The molecule has 0 aromatic heterocycles. The van der Waals surface area contributed by atoms with Crippen LogP contribution in [0.1, 0.15) is 19.3 Å². The summed E-state index contributed by atoms with van der Waals surface area (Å²) in [5.74, 6) is 2.73. The van der Waals surface area contributed by atoms with Crippen LogP contribution < -0.4 is 5.32 Å². The standard InChI is InChI=1S/C8H13NO/c1-3-4-5-6-8(10)7-9-2/h1,9H,4-7H2,2H3. The molecule has 0 radical (unpaired) electrons. The van der Waals surface area contributed by atoms with Gasteiger partial charge in [0.1, 0.15) is 5.78 Å². The summed E-state index contributed by atoms with van der Waals surface area (Å²) >= 11 is 0. The molecule has 1 N–H and O–H groups in total. The molecule has 0 aliphatic carbocycles. The first-order chi connectivity index (χ1) is 4.81. The molecule has 2 nitrogen and oxygen atoms in total. The van der Waals surface area contributed by atoms with E-state index in [0.29, 0.717) is 19.4 Å². The number of Topliss-reactive ketones (excluding diaryl/α,β-unsaturated/α-hetero) is 1. The molecule has 2 heteroatoms. The van der Waals surface area contributed by atoms with Crippen LogP contribution in [0, 0.1) is 12.3 Å². The van der Waals surface area contributed by atoms with Gasteiger partial charge in [0.25, 0.3) is 0 Å². The van der Waals surface area contributed by atoms with Gasteiger partial charge < -0.3 is 5.32 Å². The third-order valence-corrected chi connectivity index (χ3v) is 1.15. The highest BCUT2D eigenvalue weighted by Gasteiger charge is 1.97. The van der Waals surface area contributed by atoms with Gasteiger partial charge in [0.2, 0.25) is 0 Å². The Bertz CT molecular complexity index is 135. The Balaban J connectivity index is 3.15. The molecule has 0 saturated heterocycles. The Morgan fingerprint density at radius 2 is 2.40 bits per heavy atom. The third-order valence-electron chi connectivity index (χ3n) is 1.15. The van der Waals surface area contributed by atoms with Crippen molar-refractivity contribution in [1.82, 2.24) is 5.32 Å². The number of unbranched alkanes of at least 4 members (excludes halogenated alkanes) is 1. The quantitative estimate of drug-likeness (QED) is 0.446. The van der Waals surface area contributed by atoms with Crippen LogP contribution in [0.4, 0.5) is 0 Å². The number of hydrogen-bond donors (Lipinski definition) is 1. The van der Waals surface area contributed by atoms with E-state index in [1.54, 1.807) is 7.05 Å². The fraction of sp³-hybridized carbons (Fsp3) is 0.625. The fourth-order valence-electron chi connectivity index (χ4n) is 0.673. The van der Waals surface area contributed by atoms with Gasteiger partial charge in [-0.3, -0.25) is 4.79 Å². The predicted octanol–water partition coefficient (Wildman–Crippen LogP) is 0.578. The summed E-state index contributed by atoms with van der Waals surface area (Å²) in [4.78, 5) is 10.8. The van der Waals surface area contributed by atoms with Crippen molar-refractivity contribution in [3.05, 3.63) is 0 Å². The van der Waals surface area contributed by atoms with E-state index in [2.05, 4.69) is 11.2 Å². The molecule has 0 aromatic carbocycles. The molecule has 0 aliphatic rings. The van der Waals surface area contributed by atoms with Crippen molar-refractivity contribution in [2.45, 2.75) is 19.3 Å². The topological polar surface area (TPSA) is 29.1 Å². The van der Waals surface area contributed by atoms with Gasteiger partial charge in [0.15, 0.2) is 0 Å². The van der Waals surface area contributed by atoms with Crippen LogP contribution in [0.5, 0.6) is 0 Å². The van der Waals surface area contributed by atoms with Gasteiger partial charge in [0.05, 0.1) is 6.54 Å². The Morgan fingerprint density at radius 1 is 1.70 bits per heavy atom. The molecule has 0 fully saturated rings. The van der Waals surface area contributed by atoms with Gasteiger partial charge in [-0.15, -0.1) is 12.3 Å². The highest BCUT2D eigenvalue weighted by Crippen LogP contribution is 1.93. The van der Waals surface area contributed by atoms with Crippen LogP contribution >= 0.6 is 0 Å². The van der Waals surface area contributed by atoms with E-state index in [1.807, 2.05) is 0 Å². The lowest BCUT2D eigenvalue weighted by Crippen LogP contribution is -2.17. The van der Waals surface area contributed by atoms with E-state index >= 15 is 0 Å². The van der Waals surface area contributed by atoms with E-state index < -0.39 is 0 Å². The van der Waals surface area contributed by atoms with Crippen molar-refractivity contribution < 1.29 is 4.79 Å². The number of likely N-dealkylation sites (N-methyl/N-ethyl adjacent to an activating group) is 1. The van der Waals surface area contributed by atoms with E-state index in [4.69, 9.17) is 6.42 Å². The Hall–Kier alpha value is -0.810. The first-order valence-corrected chi connectivity index (χ1v) is 3.41. The van der Waals surface area contributed by atoms with Gasteiger partial charge in [-0.25, -0.2) is 0 Å². The van der Waals surface area contributed by atoms with Crippen LogP contribution in [-0.2, 0) is 4.79 Å². The van der Waals surface area contributed by atoms with E-state index in [0.717, 1.165) is 6.42 Å². The molecule has 0 heterocycles. The monoisotopic (exact) mass is 139 g/mol. The minimum absolute atomic E-state index is 0.234. The third kappa shape index (κ3) is 5.33. The summed E-state index contributed by atoms with van der Waals surface area (Å²) in [5, 5.41) is 2.79. The van der Waals surface area contributed by atoms with Gasteiger partial charge in [0, 0.05) is 12.8 Å². The largest absolute Gasteiger partial charge is 0.313 e. The molecule has 0 unspecified atom stereocenters. The van der Waals surface area contributed by atoms with Gasteiger partial charge >= 0.3 is 0 Å². The number of carbonyl (C=O) groups excluding carboxylic acids is 1. The molecule has 0 saturated carbocycles. The number of carbonyl (C=O) groups is 1. The maximum atomic E-state index is 10.8. The normalized spacial score (nSPS) is 8.80. The Kier molecular flexibility index (Phi) is 5.80. The van der Waals surface area contributed by atoms with Gasteiger partial charge in [-0.1, -0.05) is 0 Å². The maximum absolute atomic E-state index is 10.8. The molecule has 0 bridgehead atoms. The Labute approximate surface area is 62.0 Å². The smallest absolute Gasteiger partial charge is 0.146 e. The molecule has 0 spiro atoms. The summed E-state index contributed by atoms with van der Waals surface area (Å²) in [6, 6.07) is 0. The minimum atomic E-state index is 0.234. The van der Waals surface area contributed by atoms with Crippen LogP contribution in [0.25, 0.3) is 0 Å². The fourth-order valence-corrected chi connectivity index (χ4v) is 0.673. The molecular formula is C8H13NO. The lowest BCUT2D eigenvalue weighted by Gasteiger charge is -1.95. The summed E-state index contributed by atoms with van der Waals surface area (Å²) in [6.45, 7) is 0.463. The molecule has 0 atom stereocenters. The molecule has 10 heavy (non-hydrogen) atoms. The second kappa shape index (κ2) is 6.31. The molecule has 0 aromatic rings. The zero-order chi connectivity index (χ0) is 7.82. The van der Waals surface area contributed by atoms with E-state index in [1.165, 1.54) is 0 Å². The number of hydrogen-bond acceptors (Lipinski definition) is 2. The second-order valence-corrected chi connectivity index (χ2v) is 2.13. The maximum Gasteiger partial charge on any atom is 0.146 e. The number of terminal acetylenes is 1. The van der Waals surface area contributed by atoms with Crippen LogP contribution in [0.15, 0.2) is 0 Å². The lowest BCUT2D eigenvalue weighted by atomic mass is 10.2. The molecule has 0 amide bonds. The Morgan fingerprint density at radius 3 is 2.90 bits per heavy atom. The average Bonchev–Trinajstić information content (AvgIpc) is 1.89. The van der Waals surface area contributed by atoms with E-state index in [-0.39, 0.29) is 5.78 Å². The number of rotatable bonds is 5. The summed E-state index contributed by atoms with van der Waals surface area (Å²) in [6.07, 6.45) is 7.13. The van der Waals surface area contributed by atoms with Crippen LogP contribution in [0.2, 0.25) is 0 Å². The zero-order valence-corrected chi connectivity index (χ0v) is 6.31. The summed E-state index contributed by atoms with van der Waals surface area (Å²) in [5.41, 5.74) is 0. The molecule has 56 valence electrons. The van der Waals surface area contributed by atoms with Gasteiger partial charge in [-0.2, -0.15) is 0 Å². The predicted molar refractivity (Wildman–Crippen MR) is 41.6 cm³/mol. The van der Waals surface area contributed by atoms with Crippen molar-refractivity contribution in [3.8, 4) is 12.3 Å². The highest BCUT2D eigenvalue weighted by atomic mass is 16.1. The highest BCUT2D eigenvalue weighted by molar-refractivity contribution is 5.80. The lowest BCUT2D eigenvalue weighted by molar-refractivity contribution is -0.118. The average molecular weight is 139 g/mol.